The van der Waals surface area contributed by atoms with Crippen LogP contribution in [0.15, 0.2) is 78.9 Å². The van der Waals surface area contributed by atoms with Crippen LogP contribution in [0.5, 0.6) is 0 Å². The van der Waals surface area contributed by atoms with E-state index in [0.29, 0.717) is 0 Å². The molecule has 0 spiro atoms. The maximum Gasteiger partial charge on any atom is 0.0136 e. The number of hydrogen-bond donors (Lipinski definition) is 0. The summed E-state index contributed by atoms with van der Waals surface area (Å²) >= 11 is 2.38. The van der Waals surface area contributed by atoms with Crippen molar-refractivity contribution in [1.29, 1.82) is 0 Å². The van der Waals surface area contributed by atoms with Gasteiger partial charge in [-0.25, -0.2) is 0 Å². The largest absolute Gasteiger partial charge is 0.0616 e. The number of benzene rings is 5. The summed E-state index contributed by atoms with van der Waals surface area (Å²) < 4.78 is 1.28. The summed E-state index contributed by atoms with van der Waals surface area (Å²) in [6.07, 6.45) is 0. The maximum absolute atomic E-state index is 2.38. The number of rotatable bonds is 0. The molecule has 0 fully saturated rings. The van der Waals surface area contributed by atoms with E-state index in [0.717, 1.165) is 0 Å². The molecule has 23 heavy (non-hydrogen) atoms. The topological polar surface area (TPSA) is 0 Å². The Hall–Kier alpha value is -2.13. The van der Waals surface area contributed by atoms with E-state index in [1.807, 2.05) is 0 Å². The van der Waals surface area contributed by atoms with E-state index in [1.165, 1.54) is 46.7 Å². The van der Waals surface area contributed by atoms with E-state index in [1.54, 1.807) is 0 Å². The third-order valence-corrected chi connectivity index (χ3v) is 5.25. The van der Waals surface area contributed by atoms with Crippen molar-refractivity contribution in [3.05, 3.63) is 82.4 Å². The van der Waals surface area contributed by atoms with Gasteiger partial charge in [0.05, 0.1) is 0 Å². The lowest BCUT2D eigenvalue weighted by atomic mass is 9.97. The SMILES string of the molecule is Ic1ccc2cc3cc4cc5ccccc5cc4cc3cc2c1. The van der Waals surface area contributed by atoms with Crippen LogP contribution in [0.3, 0.4) is 0 Å². The molecule has 5 aromatic carbocycles. The fourth-order valence-corrected chi connectivity index (χ4v) is 3.93. The number of fused-ring (bicyclic) bond motifs is 4. The van der Waals surface area contributed by atoms with Crippen LogP contribution in [0.4, 0.5) is 0 Å². The Morgan fingerprint density at radius 2 is 0.783 bits per heavy atom. The summed E-state index contributed by atoms with van der Waals surface area (Å²) in [7, 11) is 0. The van der Waals surface area contributed by atoms with Gasteiger partial charge < -0.3 is 0 Å². The molecule has 0 heterocycles. The van der Waals surface area contributed by atoms with Gasteiger partial charge in [0, 0.05) is 3.57 Å². The molecule has 0 bridgehead atoms. The quantitative estimate of drug-likeness (QED) is 0.194. The number of hydrogen-bond acceptors (Lipinski definition) is 0. The normalized spacial score (nSPS) is 11.7. The molecular weight excluding hydrogens is 391 g/mol. The molecule has 5 rings (SSSR count). The molecule has 0 nitrogen and oxygen atoms in total. The molecule has 5 aromatic rings. The molecule has 108 valence electrons. The second kappa shape index (κ2) is 4.93. The van der Waals surface area contributed by atoms with Crippen LogP contribution in [0.25, 0.3) is 43.1 Å². The van der Waals surface area contributed by atoms with Crippen molar-refractivity contribution < 1.29 is 0 Å². The first-order chi connectivity index (χ1) is 11.3. The zero-order valence-electron chi connectivity index (χ0n) is 12.4. The highest BCUT2D eigenvalue weighted by Gasteiger charge is 2.03. The van der Waals surface area contributed by atoms with E-state index in [2.05, 4.69) is 101 Å². The lowest BCUT2D eigenvalue weighted by molar-refractivity contribution is 1.72. The Balaban J connectivity index is 1.90. The Kier molecular flexibility index (Phi) is 2.86. The Morgan fingerprint density at radius 3 is 1.30 bits per heavy atom. The first kappa shape index (κ1) is 13.3. The summed E-state index contributed by atoms with van der Waals surface area (Å²) in [4.78, 5) is 0. The van der Waals surface area contributed by atoms with E-state index in [-0.39, 0.29) is 0 Å². The first-order valence-electron chi connectivity index (χ1n) is 7.72. The minimum Gasteiger partial charge on any atom is -0.0616 e. The summed E-state index contributed by atoms with van der Waals surface area (Å²) in [5, 5.41) is 10.4. The molecule has 0 atom stereocenters. The zero-order valence-corrected chi connectivity index (χ0v) is 14.5. The molecule has 0 aliphatic carbocycles. The fourth-order valence-electron chi connectivity index (χ4n) is 3.41. The predicted molar refractivity (Wildman–Crippen MR) is 109 cm³/mol. The summed E-state index contributed by atoms with van der Waals surface area (Å²) in [5.74, 6) is 0. The lowest BCUT2D eigenvalue weighted by Gasteiger charge is -2.07. The van der Waals surface area contributed by atoms with Gasteiger partial charge in [0.25, 0.3) is 0 Å². The lowest BCUT2D eigenvalue weighted by Crippen LogP contribution is -1.81. The molecule has 0 aliphatic heterocycles. The second-order valence-corrected chi connectivity index (χ2v) is 7.34. The van der Waals surface area contributed by atoms with E-state index >= 15 is 0 Å². The monoisotopic (exact) mass is 404 g/mol. The standard InChI is InChI=1S/C22H13I/c23-22-6-5-16-9-19-10-17-7-14-3-1-2-4-15(14)8-18(17)11-20(19)12-21(16)13-22/h1-13H. The average Bonchev–Trinajstić information content (AvgIpc) is 2.56. The van der Waals surface area contributed by atoms with Crippen molar-refractivity contribution in [2.45, 2.75) is 0 Å². The van der Waals surface area contributed by atoms with Crippen molar-refractivity contribution >= 4 is 65.7 Å². The average molecular weight is 404 g/mol. The van der Waals surface area contributed by atoms with Crippen molar-refractivity contribution in [3.8, 4) is 0 Å². The van der Waals surface area contributed by atoms with Crippen LogP contribution in [-0.2, 0) is 0 Å². The van der Waals surface area contributed by atoms with Crippen LogP contribution in [-0.4, -0.2) is 0 Å². The van der Waals surface area contributed by atoms with E-state index in [4.69, 9.17) is 0 Å². The van der Waals surface area contributed by atoms with Crippen LogP contribution in [0.1, 0.15) is 0 Å². The van der Waals surface area contributed by atoms with Gasteiger partial charge in [-0.2, -0.15) is 0 Å². The maximum atomic E-state index is 2.38. The van der Waals surface area contributed by atoms with Gasteiger partial charge >= 0.3 is 0 Å². The van der Waals surface area contributed by atoms with Gasteiger partial charge in [-0.1, -0.05) is 30.3 Å². The van der Waals surface area contributed by atoms with Gasteiger partial charge in [-0.05, 0) is 114 Å². The van der Waals surface area contributed by atoms with Crippen molar-refractivity contribution in [2.75, 3.05) is 0 Å². The predicted octanol–water partition coefficient (Wildman–Crippen LogP) is 6.90. The summed E-state index contributed by atoms with van der Waals surface area (Å²) in [6, 6.07) is 29.0. The smallest absolute Gasteiger partial charge is 0.0136 e. The van der Waals surface area contributed by atoms with Crippen molar-refractivity contribution in [3.63, 3.8) is 0 Å². The molecule has 0 radical (unpaired) electrons. The summed E-state index contributed by atoms with van der Waals surface area (Å²) in [5.41, 5.74) is 0. The highest BCUT2D eigenvalue weighted by atomic mass is 127. The van der Waals surface area contributed by atoms with Gasteiger partial charge in [0.2, 0.25) is 0 Å². The molecule has 1 heteroatoms. The molecule has 0 unspecified atom stereocenters. The summed E-state index contributed by atoms with van der Waals surface area (Å²) in [6.45, 7) is 0. The molecule has 0 saturated heterocycles. The molecule has 0 N–H and O–H groups in total. The molecule has 0 saturated carbocycles. The minimum absolute atomic E-state index is 1.28. The van der Waals surface area contributed by atoms with Crippen LogP contribution in [0, 0.1) is 3.57 Å². The highest BCUT2D eigenvalue weighted by Crippen LogP contribution is 2.30. The molecule has 0 aliphatic rings. The van der Waals surface area contributed by atoms with Gasteiger partial charge in [0.15, 0.2) is 0 Å². The second-order valence-electron chi connectivity index (χ2n) is 6.09. The van der Waals surface area contributed by atoms with Gasteiger partial charge in [-0.3, -0.25) is 0 Å². The van der Waals surface area contributed by atoms with Crippen LogP contribution >= 0.6 is 22.6 Å². The van der Waals surface area contributed by atoms with E-state index < -0.39 is 0 Å². The Morgan fingerprint density at radius 1 is 0.391 bits per heavy atom. The van der Waals surface area contributed by atoms with Gasteiger partial charge in [0.1, 0.15) is 0 Å². The third kappa shape index (κ3) is 2.19. The Bertz CT molecular complexity index is 1220. The minimum atomic E-state index is 1.28. The molecule has 0 amide bonds. The third-order valence-electron chi connectivity index (χ3n) is 4.58. The van der Waals surface area contributed by atoms with E-state index in [9.17, 15) is 0 Å². The van der Waals surface area contributed by atoms with Crippen molar-refractivity contribution in [1.82, 2.24) is 0 Å². The first-order valence-corrected chi connectivity index (χ1v) is 8.80. The Labute approximate surface area is 147 Å². The zero-order chi connectivity index (χ0) is 15.4. The molecular formula is C22H13I. The van der Waals surface area contributed by atoms with Gasteiger partial charge in [-0.15, -0.1) is 0 Å². The molecule has 0 aromatic heterocycles. The van der Waals surface area contributed by atoms with Crippen molar-refractivity contribution in [2.24, 2.45) is 0 Å². The number of halogens is 1. The van der Waals surface area contributed by atoms with Crippen LogP contribution < -0.4 is 0 Å². The van der Waals surface area contributed by atoms with Crippen LogP contribution in [0.2, 0.25) is 0 Å². The highest BCUT2D eigenvalue weighted by molar-refractivity contribution is 14.1. The fraction of sp³-hybridized carbons (Fsp3) is 0.